The lowest BCUT2D eigenvalue weighted by atomic mass is 9.87. The molecule has 1 unspecified atom stereocenters. The molecule has 0 bridgehead atoms. The van der Waals surface area contributed by atoms with Crippen molar-refractivity contribution in [3.8, 4) is 0 Å². The SMILES string of the molecule is CC(C)O[C@@H](C)[C@@H]1CC(C)(F)CCN1C. The van der Waals surface area contributed by atoms with Gasteiger partial charge in [0.25, 0.3) is 0 Å². The molecule has 0 spiro atoms. The Morgan fingerprint density at radius 2 is 2.00 bits per heavy atom. The number of halogens is 1. The zero-order chi connectivity index (χ0) is 11.6. The molecule has 1 aliphatic rings. The van der Waals surface area contributed by atoms with Crippen LogP contribution in [0, 0.1) is 0 Å². The van der Waals surface area contributed by atoms with E-state index in [1.807, 2.05) is 20.8 Å². The van der Waals surface area contributed by atoms with E-state index in [0.29, 0.717) is 12.8 Å². The maximum atomic E-state index is 13.9. The zero-order valence-corrected chi connectivity index (χ0v) is 10.6. The summed E-state index contributed by atoms with van der Waals surface area (Å²) in [5, 5.41) is 0. The summed E-state index contributed by atoms with van der Waals surface area (Å²) in [6.07, 6.45) is 1.53. The van der Waals surface area contributed by atoms with Crippen LogP contribution in [0.25, 0.3) is 0 Å². The molecule has 90 valence electrons. The van der Waals surface area contributed by atoms with E-state index in [1.54, 1.807) is 6.92 Å². The minimum Gasteiger partial charge on any atom is -0.374 e. The van der Waals surface area contributed by atoms with Crippen molar-refractivity contribution in [3.05, 3.63) is 0 Å². The number of ether oxygens (including phenoxy) is 1. The van der Waals surface area contributed by atoms with Gasteiger partial charge in [-0.1, -0.05) is 0 Å². The van der Waals surface area contributed by atoms with Crippen LogP contribution in [0.1, 0.15) is 40.5 Å². The molecule has 0 radical (unpaired) electrons. The number of hydrogen-bond donors (Lipinski definition) is 0. The third-order valence-corrected chi connectivity index (χ3v) is 3.22. The molecule has 0 amide bonds. The minimum atomic E-state index is -1.02. The number of nitrogens with zero attached hydrogens (tertiary/aromatic N) is 1. The molecule has 1 saturated heterocycles. The van der Waals surface area contributed by atoms with Gasteiger partial charge in [0.15, 0.2) is 0 Å². The van der Waals surface area contributed by atoms with Gasteiger partial charge in [0.1, 0.15) is 5.67 Å². The molecule has 2 nitrogen and oxygen atoms in total. The quantitative estimate of drug-likeness (QED) is 0.720. The molecule has 0 aliphatic carbocycles. The van der Waals surface area contributed by atoms with Crippen LogP contribution in [0.15, 0.2) is 0 Å². The number of likely N-dealkylation sites (tertiary alicyclic amines) is 1. The highest BCUT2D eigenvalue weighted by molar-refractivity contribution is 4.91. The van der Waals surface area contributed by atoms with Crippen molar-refractivity contribution in [1.29, 1.82) is 0 Å². The molecule has 1 rings (SSSR count). The molecule has 0 aromatic rings. The maximum absolute atomic E-state index is 13.9. The average Bonchev–Trinajstić information content (AvgIpc) is 2.08. The fraction of sp³-hybridized carbons (Fsp3) is 1.00. The Kier molecular flexibility index (Phi) is 4.13. The molecule has 0 aromatic heterocycles. The normalized spacial score (nSPS) is 35.8. The zero-order valence-electron chi connectivity index (χ0n) is 10.6. The molecular weight excluding hydrogens is 193 g/mol. The topological polar surface area (TPSA) is 12.5 Å². The fourth-order valence-electron chi connectivity index (χ4n) is 2.31. The van der Waals surface area contributed by atoms with E-state index < -0.39 is 5.67 Å². The molecule has 0 N–H and O–H groups in total. The van der Waals surface area contributed by atoms with Crippen molar-refractivity contribution in [3.63, 3.8) is 0 Å². The van der Waals surface area contributed by atoms with Crippen LogP contribution >= 0.6 is 0 Å². The highest BCUT2D eigenvalue weighted by atomic mass is 19.1. The van der Waals surface area contributed by atoms with E-state index in [4.69, 9.17) is 4.74 Å². The van der Waals surface area contributed by atoms with Crippen LogP contribution in [0.5, 0.6) is 0 Å². The summed E-state index contributed by atoms with van der Waals surface area (Å²) in [4.78, 5) is 2.22. The van der Waals surface area contributed by atoms with Crippen LogP contribution in [-0.4, -0.2) is 42.4 Å². The van der Waals surface area contributed by atoms with Gasteiger partial charge in [0.05, 0.1) is 12.2 Å². The standard InChI is InChI=1S/C12H24FNO/c1-9(2)15-10(3)11-8-12(4,13)6-7-14(11)5/h9-11H,6-8H2,1-5H3/t10-,11-,12?/m0/s1. The fourth-order valence-corrected chi connectivity index (χ4v) is 2.31. The Labute approximate surface area is 92.8 Å². The second kappa shape index (κ2) is 4.79. The molecular formula is C12H24FNO. The van der Waals surface area contributed by atoms with Gasteiger partial charge in [0.2, 0.25) is 0 Å². The van der Waals surface area contributed by atoms with Gasteiger partial charge in [-0.2, -0.15) is 0 Å². The summed E-state index contributed by atoms with van der Waals surface area (Å²) in [5.74, 6) is 0. The molecule has 1 fully saturated rings. The van der Waals surface area contributed by atoms with Gasteiger partial charge < -0.3 is 9.64 Å². The van der Waals surface area contributed by atoms with Gasteiger partial charge >= 0.3 is 0 Å². The smallest absolute Gasteiger partial charge is 0.111 e. The van der Waals surface area contributed by atoms with Crippen molar-refractivity contribution < 1.29 is 9.13 Å². The first-order chi connectivity index (χ1) is 6.82. The second-order valence-corrected chi connectivity index (χ2v) is 5.31. The van der Waals surface area contributed by atoms with Crippen LogP contribution in [-0.2, 0) is 4.74 Å². The van der Waals surface area contributed by atoms with Crippen LogP contribution < -0.4 is 0 Å². The van der Waals surface area contributed by atoms with Crippen molar-refractivity contribution in [2.45, 2.75) is 64.5 Å². The molecule has 1 heterocycles. The van der Waals surface area contributed by atoms with Crippen molar-refractivity contribution >= 4 is 0 Å². The van der Waals surface area contributed by atoms with E-state index in [9.17, 15) is 4.39 Å². The summed E-state index contributed by atoms with van der Waals surface area (Å²) in [6, 6.07) is 0.205. The summed E-state index contributed by atoms with van der Waals surface area (Å²) in [7, 11) is 2.06. The van der Waals surface area contributed by atoms with E-state index in [1.165, 1.54) is 0 Å². The van der Waals surface area contributed by atoms with Gasteiger partial charge in [0, 0.05) is 12.6 Å². The first-order valence-corrected chi connectivity index (χ1v) is 5.86. The number of rotatable bonds is 3. The Balaban J connectivity index is 2.57. The van der Waals surface area contributed by atoms with Crippen molar-refractivity contribution in [2.24, 2.45) is 0 Å². The largest absolute Gasteiger partial charge is 0.374 e. The lowest BCUT2D eigenvalue weighted by molar-refractivity contribution is -0.0659. The van der Waals surface area contributed by atoms with Gasteiger partial charge in [-0.3, -0.25) is 0 Å². The maximum Gasteiger partial charge on any atom is 0.111 e. The lowest BCUT2D eigenvalue weighted by Crippen LogP contribution is -2.51. The molecule has 0 aromatic carbocycles. The van der Waals surface area contributed by atoms with E-state index in [0.717, 1.165) is 6.54 Å². The van der Waals surface area contributed by atoms with Gasteiger partial charge in [-0.15, -0.1) is 0 Å². The molecule has 1 aliphatic heterocycles. The minimum absolute atomic E-state index is 0.102. The van der Waals surface area contributed by atoms with Crippen LogP contribution in [0.2, 0.25) is 0 Å². The summed E-state index contributed by atoms with van der Waals surface area (Å²) < 4.78 is 19.7. The van der Waals surface area contributed by atoms with Gasteiger partial charge in [-0.05, 0) is 47.6 Å². The molecule has 3 atom stereocenters. The van der Waals surface area contributed by atoms with Crippen molar-refractivity contribution in [1.82, 2.24) is 4.90 Å². The highest BCUT2D eigenvalue weighted by Gasteiger charge is 2.37. The van der Waals surface area contributed by atoms with E-state index in [2.05, 4.69) is 11.9 Å². The van der Waals surface area contributed by atoms with Gasteiger partial charge in [-0.25, -0.2) is 4.39 Å². The predicted molar refractivity (Wildman–Crippen MR) is 60.8 cm³/mol. The van der Waals surface area contributed by atoms with E-state index in [-0.39, 0.29) is 18.2 Å². The highest BCUT2D eigenvalue weighted by Crippen LogP contribution is 2.31. The monoisotopic (exact) mass is 217 g/mol. The number of alkyl halides is 1. The molecule has 0 saturated carbocycles. The van der Waals surface area contributed by atoms with Crippen LogP contribution in [0.3, 0.4) is 0 Å². The predicted octanol–water partition coefficient (Wildman–Crippen LogP) is 2.62. The summed E-state index contributed by atoms with van der Waals surface area (Å²) in [5.41, 5.74) is -1.02. The average molecular weight is 217 g/mol. The summed E-state index contributed by atoms with van der Waals surface area (Å²) in [6.45, 7) is 8.61. The summed E-state index contributed by atoms with van der Waals surface area (Å²) >= 11 is 0. The van der Waals surface area contributed by atoms with Crippen LogP contribution in [0.4, 0.5) is 4.39 Å². The Morgan fingerprint density at radius 3 is 2.53 bits per heavy atom. The molecule has 15 heavy (non-hydrogen) atoms. The first kappa shape index (κ1) is 12.9. The second-order valence-electron chi connectivity index (χ2n) is 5.31. The number of likely N-dealkylation sites (N-methyl/N-ethyl adjacent to an activating group) is 1. The lowest BCUT2D eigenvalue weighted by Gasteiger charge is -2.42. The third kappa shape index (κ3) is 3.72. The Hall–Kier alpha value is -0.150. The van der Waals surface area contributed by atoms with Crippen molar-refractivity contribution in [2.75, 3.05) is 13.6 Å². The number of hydrogen-bond acceptors (Lipinski definition) is 2. The number of piperidine rings is 1. The third-order valence-electron chi connectivity index (χ3n) is 3.22. The first-order valence-electron chi connectivity index (χ1n) is 5.86. The van der Waals surface area contributed by atoms with E-state index >= 15 is 0 Å². The molecule has 3 heteroatoms. The Morgan fingerprint density at radius 1 is 1.40 bits per heavy atom. The Bertz CT molecular complexity index is 206.